The van der Waals surface area contributed by atoms with E-state index in [1.54, 1.807) is 18.2 Å². The molecule has 2 aromatic carbocycles. The van der Waals surface area contributed by atoms with Gasteiger partial charge in [0.1, 0.15) is 12.4 Å². The molecule has 2 nitrogen and oxygen atoms in total. The first-order valence-corrected chi connectivity index (χ1v) is 6.04. The zero-order valence-corrected chi connectivity index (χ0v) is 10.8. The summed E-state index contributed by atoms with van der Waals surface area (Å²) in [6, 6.07) is 8.99. The third kappa shape index (κ3) is 3.22. The van der Waals surface area contributed by atoms with Crippen LogP contribution in [0.5, 0.6) is 5.75 Å². The maximum absolute atomic E-state index is 13.6. The molecule has 0 spiro atoms. The van der Waals surface area contributed by atoms with Crippen molar-refractivity contribution in [1.82, 2.24) is 0 Å². The smallest absolute Gasteiger partial charge is 0.183 e. The Labute approximate surface area is 114 Å². The van der Waals surface area contributed by atoms with Crippen molar-refractivity contribution < 1.29 is 13.5 Å². The molecule has 100 valence electrons. The van der Waals surface area contributed by atoms with Crippen LogP contribution in [-0.4, -0.2) is 0 Å². The lowest BCUT2D eigenvalue weighted by Gasteiger charge is -2.09. The normalized spacial score (nSPS) is 10.5. The molecule has 2 aromatic rings. The first-order valence-electron chi connectivity index (χ1n) is 5.66. The third-order valence-corrected chi connectivity index (χ3v) is 2.93. The molecule has 0 saturated heterocycles. The highest BCUT2D eigenvalue weighted by molar-refractivity contribution is 6.30. The second kappa shape index (κ2) is 5.99. The first-order chi connectivity index (χ1) is 9.11. The predicted octanol–water partition coefficient (Wildman–Crippen LogP) is 3.66. The van der Waals surface area contributed by atoms with Gasteiger partial charge in [-0.05, 0) is 29.8 Å². The Hall–Kier alpha value is -1.65. The van der Waals surface area contributed by atoms with E-state index in [0.29, 0.717) is 11.1 Å². The van der Waals surface area contributed by atoms with Crippen molar-refractivity contribution in [2.24, 2.45) is 5.73 Å². The van der Waals surface area contributed by atoms with Gasteiger partial charge in [0.25, 0.3) is 0 Å². The van der Waals surface area contributed by atoms with Gasteiger partial charge in [-0.25, -0.2) is 8.78 Å². The van der Waals surface area contributed by atoms with Crippen LogP contribution in [0.15, 0.2) is 36.4 Å². The second-order valence-electron chi connectivity index (χ2n) is 3.97. The van der Waals surface area contributed by atoms with Crippen molar-refractivity contribution in [3.05, 3.63) is 64.2 Å². The summed E-state index contributed by atoms with van der Waals surface area (Å²) in [6.45, 7) is 0.218. The molecule has 0 heterocycles. The largest absolute Gasteiger partial charge is 0.486 e. The number of nitrogens with two attached hydrogens (primary N) is 1. The standard InChI is InChI=1S/C14H12ClF2NO/c15-11-2-1-3-13(14(11)17)19-8-9-4-5-12(16)10(6-9)7-18/h1-6H,7-8,18H2. The summed E-state index contributed by atoms with van der Waals surface area (Å²) in [4.78, 5) is 0. The average molecular weight is 284 g/mol. The van der Waals surface area contributed by atoms with Gasteiger partial charge in [-0.3, -0.25) is 0 Å². The van der Waals surface area contributed by atoms with Crippen molar-refractivity contribution in [3.8, 4) is 5.75 Å². The average Bonchev–Trinajstić information content (AvgIpc) is 2.42. The van der Waals surface area contributed by atoms with Gasteiger partial charge in [0.05, 0.1) is 5.02 Å². The second-order valence-corrected chi connectivity index (χ2v) is 4.38. The summed E-state index contributed by atoms with van der Waals surface area (Å²) in [5.74, 6) is -0.906. The number of rotatable bonds is 4. The Morgan fingerprint density at radius 1 is 1.16 bits per heavy atom. The fourth-order valence-electron chi connectivity index (χ4n) is 1.63. The highest BCUT2D eigenvalue weighted by Crippen LogP contribution is 2.25. The van der Waals surface area contributed by atoms with E-state index in [4.69, 9.17) is 22.1 Å². The van der Waals surface area contributed by atoms with Crippen LogP contribution < -0.4 is 10.5 Å². The molecule has 0 aliphatic heterocycles. The number of hydrogen-bond donors (Lipinski definition) is 1. The minimum absolute atomic E-state index is 0.000691. The Morgan fingerprint density at radius 3 is 2.68 bits per heavy atom. The molecular weight excluding hydrogens is 272 g/mol. The third-order valence-electron chi connectivity index (χ3n) is 2.64. The predicted molar refractivity (Wildman–Crippen MR) is 70.0 cm³/mol. The van der Waals surface area contributed by atoms with Crippen LogP contribution in [0.2, 0.25) is 5.02 Å². The molecule has 19 heavy (non-hydrogen) atoms. The lowest BCUT2D eigenvalue weighted by Crippen LogP contribution is -2.03. The van der Waals surface area contributed by atoms with Gasteiger partial charge in [0.2, 0.25) is 0 Å². The minimum atomic E-state index is -0.606. The van der Waals surface area contributed by atoms with E-state index < -0.39 is 5.82 Å². The summed E-state index contributed by atoms with van der Waals surface area (Å²) >= 11 is 5.64. The molecule has 2 N–H and O–H groups in total. The molecule has 0 fully saturated rings. The van der Waals surface area contributed by atoms with Crippen molar-refractivity contribution in [2.75, 3.05) is 0 Å². The van der Waals surface area contributed by atoms with Gasteiger partial charge in [0, 0.05) is 12.1 Å². The van der Waals surface area contributed by atoms with E-state index >= 15 is 0 Å². The number of hydrogen-bond acceptors (Lipinski definition) is 2. The molecule has 0 radical (unpaired) electrons. The molecule has 0 unspecified atom stereocenters. The molecule has 0 aromatic heterocycles. The Balaban J connectivity index is 2.12. The summed E-state index contributed by atoms with van der Waals surface area (Å²) in [6.07, 6.45) is 0. The van der Waals surface area contributed by atoms with Crippen LogP contribution in [0.4, 0.5) is 8.78 Å². The van der Waals surface area contributed by atoms with Crippen molar-refractivity contribution in [3.63, 3.8) is 0 Å². The molecule has 0 aliphatic rings. The topological polar surface area (TPSA) is 35.2 Å². The molecule has 5 heteroatoms. The fraction of sp³-hybridized carbons (Fsp3) is 0.143. The molecule has 0 saturated carbocycles. The van der Waals surface area contributed by atoms with E-state index in [9.17, 15) is 8.78 Å². The Morgan fingerprint density at radius 2 is 1.95 bits per heavy atom. The lowest BCUT2D eigenvalue weighted by atomic mass is 10.1. The number of benzene rings is 2. The van der Waals surface area contributed by atoms with Crippen LogP contribution in [0.1, 0.15) is 11.1 Å². The quantitative estimate of drug-likeness (QED) is 0.929. The minimum Gasteiger partial charge on any atom is -0.486 e. The van der Waals surface area contributed by atoms with Crippen LogP contribution in [-0.2, 0) is 13.2 Å². The van der Waals surface area contributed by atoms with Gasteiger partial charge in [0.15, 0.2) is 11.6 Å². The Bertz CT molecular complexity index is 590. The van der Waals surface area contributed by atoms with Crippen LogP contribution in [0, 0.1) is 11.6 Å². The monoisotopic (exact) mass is 283 g/mol. The highest BCUT2D eigenvalue weighted by Gasteiger charge is 2.08. The summed E-state index contributed by atoms with van der Waals surface area (Å²) in [5, 5.41) is -0.000691. The van der Waals surface area contributed by atoms with Crippen LogP contribution in [0.25, 0.3) is 0 Å². The highest BCUT2D eigenvalue weighted by atomic mass is 35.5. The zero-order valence-electron chi connectivity index (χ0n) is 10.00. The number of ether oxygens (including phenoxy) is 1. The van der Waals surface area contributed by atoms with E-state index in [2.05, 4.69) is 0 Å². The van der Waals surface area contributed by atoms with E-state index in [1.165, 1.54) is 18.2 Å². The summed E-state index contributed by atoms with van der Waals surface area (Å²) in [7, 11) is 0. The molecule has 0 bridgehead atoms. The van der Waals surface area contributed by atoms with Gasteiger partial charge in [-0.2, -0.15) is 0 Å². The maximum Gasteiger partial charge on any atom is 0.183 e. The molecule has 0 amide bonds. The summed E-state index contributed by atoms with van der Waals surface area (Å²) in [5.41, 5.74) is 6.52. The summed E-state index contributed by atoms with van der Waals surface area (Å²) < 4.78 is 32.1. The molecule has 0 aliphatic carbocycles. The van der Waals surface area contributed by atoms with Gasteiger partial charge >= 0.3 is 0 Å². The van der Waals surface area contributed by atoms with Crippen LogP contribution >= 0.6 is 11.6 Å². The molecular formula is C14H12ClF2NO. The maximum atomic E-state index is 13.6. The van der Waals surface area contributed by atoms with E-state index in [0.717, 1.165) is 0 Å². The van der Waals surface area contributed by atoms with E-state index in [1.807, 2.05) is 0 Å². The van der Waals surface area contributed by atoms with E-state index in [-0.39, 0.29) is 29.7 Å². The van der Waals surface area contributed by atoms with Gasteiger partial charge < -0.3 is 10.5 Å². The molecule has 0 atom stereocenters. The lowest BCUT2D eigenvalue weighted by molar-refractivity contribution is 0.290. The van der Waals surface area contributed by atoms with Crippen molar-refractivity contribution in [1.29, 1.82) is 0 Å². The molecule has 2 rings (SSSR count). The first kappa shape index (κ1) is 13.8. The van der Waals surface area contributed by atoms with Gasteiger partial charge in [-0.1, -0.05) is 23.7 Å². The van der Waals surface area contributed by atoms with Crippen molar-refractivity contribution in [2.45, 2.75) is 13.2 Å². The fourth-order valence-corrected chi connectivity index (χ4v) is 1.80. The Kier molecular flexibility index (Phi) is 4.35. The SMILES string of the molecule is NCc1cc(COc2cccc(Cl)c2F)ccc1F. The number of halogens is 3. The van der Waals surface area contributed by atoms with Gasteiger partial charge in [-0.15, -0.1) is 0 Å². The van der Waals surface area contributed by atoms with Crippen molar-refractivity contribution >= 4 is 11.6 Å². The zero-order chi connectivity index (χ0) is 13.8. The van der Waals surface area contributed by atoms with Crippen LogP contribution in [0.3, 0.4) is 0 Å².